The highest BCUT2D eigenvalue weighted by Crippen LogP contribution is 2.24. The van der Waals surface area contributed by atoms with Crippen molar-refractivity contribution in [2.45, 2.75) is 0 Å². The van der Waals surface area contributed by atoms with Crippen LogP contribution in [0.5, 0.6) is 0 Å². The van der Waals surface area contributed by atoms with Gasteiger partial charge in [0.25, 0.3) is 11.8 Å². The van der Waals surface area contributed by atoms with Gasteiger partial charge in [0.1, 0.15) is 5.57 Å². The number of nitrogens with zero attached hydrogens (tertiary/aromatic N) is 1. The Labute approximate surface area is 149 Å². The molecule has 3 rings (SSSR count). The molecule has 0 aliphatic carbocycles. The van der Waals surface area contributed by atoms with Crippen LogP contribution in [0.15, 0.2) is 58.6 Å². The number of rotatable bonds is 2. The van der Waals surface area contributed by atoms with E-state index in [2.05, 4.69) is 43.9 Å². The maximum Gasteiger partial charge on any atom is 0.282 e. The number of hydrogen-bond donors (Lipinski definition) is 1. The third kappa shape index (κ3) is 2.93. The highest BCUT2D eigenvalue weighted by Gasteiger charge is 2.34. The van der Waals surface area contributed by atoms with Crippen molar-refractivity contribution in [1.82, 2.24) is 5.43 Å². The summed E-state index contributed by atoms with van der Waals surface area (Å²) >= 11 is 5.52. The van der Waals surface area contributed by atoms with E-state index in [1.165, 1.54) is 5.01 Å². The van der Waals surface area contributed by atoms with E-state index >= 15 is 0 Å². The van der Waals surface area contributed by atoms with Crippen LogP contribution in [0.2, 0.25) is 0 Å². The summed E-state index contributed by atoms with van der Waals surface area (Å²) in [6, 6.07) is 14.7. The van der Waals surface area contributed by atoms with Gasteiger partial charge in [-0.1, -0.05) is 34.1 Å². The third-order valence-corrected chi connectivity index (χ3v) is 4.69. The Morgan fingerprint density at radius 2 is 1.73 bits per heavy atom. The van der Waals surface area contributed by atoms with Crippen molar-refractivity contribution in [2.24, 2.45) is 0 Å². The van der Waals surface area contributed by atoms with Gasteiger partial charge in [-0.25, -0.2) is 5.01 Å². The second-order valence-corrected chi connectivity index (χ2v) is 6.72. The fourth-order valence-corrected chi connectivity index (χ4v) is 2.88. The fourth-order valence-electron chi connectivity index (χ4n) is 2.08. The number of carbonyl (C=O) groups is 2. The molecule has 0 unspecified atom stereocenters. The molecule has 1 aliphatic rings. The summed E-state index contributed by atoms with van der Waals surface area (Å²) in [5.74, 6) is -0.750. The number of anilines is 1. The molecule has 1 aliphatic heterocycles. The lowest BCUT2D eigenvalue weighted by atomic mass is 10.1. The van der Waals surface area contributed by atoms with Gasteiger partial charge in [0.05, 0.1) is 5.69 Å². The van der Waals surface area contributed by atoms with E-state index in [0.29, 0.717) is 5.69 Å². The van der Waals surface area contributed by atoms with Crippen molar-refractivity contribution in [2.75, 3.05) is 5.01 Å². The summed E-state index contributed by atoms with van der Waals surface area (Å²) < 4.78 is 1.89. The second kappa shape index (κ2) is 6.21. The largest absolute Gasteiger partial charge is 0.282 e. The molecule has 2 amide bonds. The molecular formula is C16H10BrIN2O2. The van der Waals surface area contributed by atoms with Crippen LogP contribution in [0.3, 0.4) is 0 Å². The molecule has 22 heavy (non-hydrogen) atoms. The quantitative estimate of drug-likeness (QED) is 0.416. The SMILES string of the molecule is O=C1NN(c2ccc(Br)cc2)C(=O)C1=Cc1ccccc1I. The predicted octanol–water partition coefficient (Wildman–Crippen LogP) is 3.52. The summed E-state index contributed by atoms with van der Waals surface area (Å²) in [5, 5.41) is 1.26. The fraction of sp³-hybridized carbons (Fsp3) is 0. The number of carbonyl (C=O) groups excluding carboxylic acids is 2. The topological polar surface area (TPSA) is 49.4 Å². The average molecular weight is 469 g/mol. The van der Waals surface area contributed by atoms with Crippen molar-refractivity contribution >= 4 is 62.1 Å². The van der Waals surface area contributed by atoms with Crippen LogP contribution in [0.1, 0.15) is 5.56 Å². The van der Waals surface area contributed by atoms with E-state index in [1.54, 1.807) is 18.2 Å². The lowest BCUT2D eigenvalue weighted by Gasteiger charge is -2.14. The summed E-state index contributed by atoms with van der Waals surface area (Å²) in [5.41, 5.74) is 4.18. The van der Waals surface area contributed by atoms with Gasteiger partial charge in [-0.2, -0.15) is 0 Å². The summed E-state index contributed by atoms with van der Waals surface area (Å²) in [4.78, 5) is 24.6. The van der Waals surface area contributed by atoms with E-state index < -0.39 is 5.91 Å². The minimum atomic E-state index is -0.396. The van der Waals surface area contributed by atoms with Gasteiger partial charge in [0.2, 0.25) is 0 Å². The molecule has 2 aromatic carbocycles. The Morgan fingerprint density at radius 3 is 2.41 bits per heavy atom. The van der Waals surface area contributed by atoms with E-state index in [-0.39, 0.29) is 11.5 Å². The molecule has 0 saturated carbocycles. The highest BCUT2D eigenvalue weighted by atomic mass is 127. The van der Waals surface area contributed by atoms with Crippen LogP contribution >= 0.6 is 38.5 Å². The third-order valence-electron chi connectivity index (χ3n) is 3.18. The smallest absolute Gasteiger partial charge is 0.267 e. The Kier molecular flexibility index (Phi) is 4.30. The van der Waals surface area contributed by atoms with Crippen LogP contribution in [-0.4, -0.2) is 11.8 Å². The molecule has 6 heteroatoms. The molecule has 0 radical (unpaired) electrons. The maximum absolute atomic E-state index is 12.5. The minimum Gasteiger partial charge on any atom is -0.267 e. The summed E-state index contributed by atoms with van der Waals surface area (Å²) in [6.45, 7) is 0. The van der Waals surface area contributed by atoms with E-state index in [9.17, 15) is 9.59 Å². The molecule has 0 aromatic heterocycles. The van der Waals surface area contributed by atoms with Gasteiger partial charge < -0.3 is 0 Å². The van der Waals surface area contributed by atoms with Gasteiger partial charge in [0, 0.05) is 8.04 Å². The average Bonchev–Trinajstić information content (AvgIpc) is 2.78. The predicted molar refractivity (Wildman–Crippen MR) is 96.9 cm³/mol. The van der Waals surface area contributed by atoms with Crippen molar-refractivity contribution in [3.63, 3.8) is 0 Å². The summed E-state index contributed by atoms with van der Waals surface area (Å²) in [7, 11) is 0. The molecular weight excluding hydrogens is 459 g/mol. The molecule has 0 atom stereocenters. The molecule has 0 bridgehead atoms. The maximum atomic E-state index is 12.5. The molecule has 110 valence electrons. The van der Waals surface area contributed by atoms with Crippen molar-refractivity contribution < 1.29 is 9.59 Å². The van der Waals surface area contributed by atoms with Gasteiger partial charge in [-0.3, -0.25) is 15.0 Å². The molecule has 4 nitrogen and oxygen atoms in total. The molecule has 1 N–H and O–H groups in total. The number of hydrazine groups is 1. The van der Waals surface area contributed by atoms with Gasteiger partial charge in [0.15, 0.2) is 0 Å². The Morgan fingerprint density at radius 1 is 1.05 bits per heavy atom. The van der Waals surface area contributed by atoms with Crippen LogP contribution in [-0.2, 0) is 9.59 Å². The number of nitrogens with one attached hydrogen (secondary N) is 1. The monoisotopic (exact) mass is 468 g/mol. The lowest BCUT2D eigenvalue weighted by Crippen LogP contribution is -2.35. The van der Waals surface area contributed by atoms with E-state index in [4.69, 9.17) is 0 Å². The molecule has 2 aromatic rings. The van der Waals surface area contributed by atoms with E-state index in [1.807, 2.05) is 36.4 Å². The molecule has 0 spiro atoms. The van der Waals surface area contributed by atoms with Crippen molar-refractivity contribution in [3.8, 4) is 0 Å². The molecule has 1 heterocycles. The standard InChI is InChI=1S/C16H10BrIN2O2/c17-11-5-7-12(8-6-11)20-16(22)13(15(21)19-20)9-10-3-1-2-4-14(10)18/h1-9H,(H,19,21). The zero-order chi connectivity index (χ0) is 15.7. The van der Waals surface area contributed by atoms with Crippen LogP contribution in [0, 0.1) is 3.57 Å². The van der Waals surface area contributed by atoms with Crippen LogP contribution in [0.4, 0.5) is 5.69 Å². The summed E-state index contributed by atoms with van der Waals surface area (Å²) in [6.07, 6.45) is 1.62. The normalized spacial score (nSPS) is 16.3. The molecule has 1 fully saturated rings. The van der Waals surface area contributed by atoms with Crippen LogP contribution < -0.4 is 10.4 Å². The first-order valence-electron chi connectivity index (χ1n) is 6.43. The van der Waals surface area contributed by atoms with Crippen molar-refractivity contribution in [3.05, 3.63) is 67.7 Å². The first kappa shape index (κ1) is 15.2. The molecule has 1 saturated heterocycles. The van der Waals surface area contributed by atoms with E-state index in [0.717, 1.165) is 13.6 Å². The number of benzene rings is 2. The highest BCUT2D eigenvalue weighted by molar-refractivity contribution is 14.1. The van der Waals surface area contributed by atoms with Gasteiger partial charge in [-0.15, -0.1) is 0 Å². The number of halogens is 2. The number of hydrogen-bond acceptors (Lipinski definition) is 2. The second-order valence-electron chi connectivity index (χ2n) is 4.64. The minimum absolute atomic E-state index is 0.132. The van der Waals surface area contributed by atoms with Crippen molar-refractivity contribution in [1.29, 1.82) is 0 Å². The van der Waals surface area contributed by atoms with Gasteiger partial charge >= 0.3 is 0 Å². The Balaban J connectivity index is 1.95. The number of amides is 2. The first-order valence-corrected chi connectivity index (χ1v) is 8.30. The Bertz CT molecular complexity index is 787. The van der Waals surface area contributed by atoms with Crippen LogP contribution in [0.25, 0.3) is 6.08 Å². The van der Waals surface area contributed by atoms with Gasteiger partial charge in [-0.05, 0) is 64.6 Å². The zero-order valence-corrected chi connectivity index (χ0v) is 15.0. The Hall–Kier alpha value is -1.67. The lowest BCUT2D eigenvalue weighted by molar-refractivity contribution is -0.117. The first-order chi connectivity index (χ1) is 10.6. The zero-order valence-electron chi connectivity index (χ0n) is 11.2.